The molecule has 1 heterocycles. The van der Waals surface area contributed by atoms with E-state index in [4.69, 9.17) is 14.4 Å². The molecule has 0 saturated carbocycles. The average molecular weight is 280 g/mol. The molecule has 2 rings (SSSR count). The van der Waals surface area contributed by atoms with Crippen molar-refractivity contribution in [3.8, 4) is 11.4 Å². The lowest BCUT2D eigenvalue weighted by atomic mass is 10.2. The van der Waals surface area contributed by atoms with Crippen molar-refractivity contribution in [3.05, 3.63) is 30.2 Å². The number of rotatable bonds is 6. The molecule has 0 bridgehead atoms. The van der Waals surface area contributed by atoms with Crippen molar-refractivity contribution in [3.63, 3.8) is 0 Å². The lowest BCUT2D eigenvalue weighted by Gasteiger charge is -1.97. The van der Waals surface area contributed by atoms with E-state index in [0.29, 0.717) is 5.82 Å². The summed E-state index contributed by atoms with van der Waals surface area (Å²) in [6, 6.07) is 7.74. The fraction of sp³-hybridized carbons (Fsp3) is 0.250. The van der Waals surface area contributed by atoms with Crippen LogP contribution in [0.5, 0.6) is 0 Å². The van der Waals surface area contributed by atoms with Crippen LogP contribution < -0.4 is 0 Å². The number of carboxylic acids is 1. The van der Waals surface area contributed by atoms with Crippen LogP contribution in [-0.2, 0) is 16.1 Å². The predicted octanol–water partition coefficient (Wildman–Crippen LogP) is 2.06. The maximum atomic E-state index is 10.3. The van der Waals surface area contributed by atoms with Crippen molar-refractivity contribution in [2.45, 2.75) is 11.5 Å². The van der Waals surface area contributed by atoms with E-state index in [-0.39, 0.29) is 19.1 Å². The van der Waals surface area contributed by atoms with Gasteiger partial charge in [-0.3, -0.25) is 0 Å². The number of benzene rings is 1. The molecule has 2 aromatic rings. The summed E-state index contributed by atoms with van der Waals surface area (Å²) in [4.78, 5) is 15.6. The lowest BCUT2D eigenvalue weighted by molar-refractivity contribution is -0.142. The summed E-state index contributed by atoms with van der Waals surface area (Å²) in [7, 11) is 0. The van der Waals surface area contributed by atoms with Crippen molar-refractivity contribution in [2.75, 3.05) is 12.9 Å². The molecule has 0 amide bonds. The molecule has 0 fully saturated rings. The molecule has 1 N–H and O–H groups in total. The molecule has 0 aliphatic carbocycles. The zero-order chi connectivity index (χ0) is 13.7. The summed E-state index contributed by atoms with van der Waals surface area (Å²) < 4.78 is 9.84. The van der Waals surface area contributed by atoms with Crippen molar-refractivity contribution in [1.82, 2.24) is 10.1 Å². The fourth-order valence-corrected chi connectivity index (χ4v) is 1.80. The van der Waals surface area contributed by atoms with Crippen LogP contribution >= 0.6 is 11.8 Å². The van der Waals surface area contributed by atoms with Gasteiger partial charge in [0.25, 0.3) is 5.89 Å². The predicted molar refractivity (Wildman–Crippen MR) is 68.8 cm³/mol. The highest BCUT2D eigenvalue weighted by molar-refractivity contribution is 7.98. The van der Waals surface area contributed by atoms with Crippen LogP contribution in [0.15, 0.2) is 33.7 Å². The van der Waals surface area contributed by atoms with Crippen molar-refractivity contribution < 1.29 is 19.2 Å². The summed E-state index contributed by atoms with van der Waals surface area (Å²) >= 11 is 1.65. The number of nitrogens with zero attached hydrogens (tertiary/aromatic N) is 2. The number of carbonyl (C=O) groups is 1. The van der Waals surface area contributed by atoms with Gasteiger partial charge in [-0.15, -0.1) is 11.8 Å². The van der Waals surface area contributed by atoms with E-state index in [0.717, 1.165) is 10.5 Å². The number of thioether (sulfide) groups is 1. The van der Waals surface area contributed by atoms with E-state index in [9.17, 15) is 4.79 Å². The summed E-state index contributed by atoms with van der Waals surface area (Å²) in [5.41, 5.74) is 0.839. The second-order valence-electron chi connectivity index (χ2n) is 3.63. The van der Waals surface area contributed by atoms with Gasteiger partial charge in [-0.2, -0.15) is 4.98 Å². The van der Waals surface area contributed by atoms with Crippen molar-refractivity contribution in [2.24, 2.45) is 0 Å². The first-order valence-electron chi connectivity index (χ1n) is 5.45. The maximum Gasteiger partial charge on any atom is 0.329 e. The Hall–Kier alpha value is -1.86. The minimum absolute atomic E-state index is 0.0117. The molecule has 1 aromatic carbocycles. The number of aromatic nitrogens is 2. The van der Waals surface area contributed by atoms with Crippen LogP contribution in [0.1, 0.15) is 5.89 Å². The van der Waals surface area contributed by atoms with Gasteiger partial charge in [0.2, 0.25) is 5.82 Å². The van der Waals surface area contributed by atoms with Gasteiger partial charge in [-0.1, -0.05) is 5.16 Å². The molecule has 19 heavy (non-hydrogen) atoms. The Bertz CT molecular complexity index is 553. The number of aliphatic carboxylic acids is 1. The minimum atomic E-state index is -1.03. The summed E-state index contributed by atoms with van der Waals surface area (Å²) in [5, 5.41) is 12.2. The van der Waals surface area contributed by atoms with Crippen molar-refractivity contribution >= 4 is 17.7 Å². The molecule has 0 saturated heterocycles. The van der Waals surface area contributed by atoms with Gasteiger partial charge < -0.3 is 14.4 Å². The molecule has 0 aliphatic rings. The van der Waals surface area contributed by atoms with Gasteiger partial charge in [-0.25, -0.2) is 4.79 Å². The Labute approximate surface area is 113 Å². The Morgan fingerprint density at radius 3 is 2.79 bits per heavy atom. The first-order valence-corrected chi connectivity index (χ1v) is 6.68. The molecule has 7 heteroatoms. The third-order valence-electron chi connectivity index (χ3n) is 2.27. The molecule has 0 unspecified atom stereocenters. The lowest BCUT2D eigenvalue weighted by Crippen LogP contribution is -2.06. The third kappa shape index (κ3) is 3.80. The van der Waals surface area contributed by atoms with E-state index in [1.807, 2.05) is 30.5 Å². The van der Waals surface area contributed by atoms with Gasteiger partial charge >= 0.3 is 5.97 Å². The third-order valence-corrected chi connectivity index (χ3v) is 3.01. The fourth-order valence-electron chi connectivity index (χ4n) is 1.40. The van der Waals surface area contributed by atoms with Gasteiger partial charge in [0.1, 0.15) is 13.2 Å². The Balaban J connectivity index is 2.01. The topological polar surface area (TPSA) is 85.5 Å². The van der Waals surface area contributed by atoms with Gasteiger partial charge in [0, 0.05) is 10.5 Å². The summed E-state index contributed by atoms with van der Waals surface area (Å²) in [6.07, 6.45) is 2.00. The molecular formula is C12H12N2O4S. The first kappa shape index (κ1) is 13.6. The smallest absolute Gasteiger partial charge is 0.329 e. The number of hydrogen-bond donors (Lipinski definition) is 1. The molecule has 0 radical (unpaired) electrons. The zero-order valence-corrected chi connectivity index (χ0v) is 11.0. The molecular weight excluding hydrogens is 268 g/mol. The second-order valence-corrected chi connectivity index (χ2v) is 4.51. The van der Waals surface area contributed by atoms with E-state index < -0.39 is 5.97 Å². The van der Waals surface area contributed by atoms with Crippen LogP contribution in [0.3, 0.4) is 0 Å². The Kier molecular flexibility index (Phi) is 4.53. The number of carboxylic acid groups (broad SMARTS) is 1. The van der Waals surface area contributed by atoms with Crippen LogP contribution in [0.4, 0.5) is 0 Å². The highest BCUT2D eigenvalue weighted by Gasteiger charge is 2.09. The average Bonchev–Trinajstić information content (AvgIpc) is 2.87. The minimum Gasteiger partial charge on any atom is -0.480 e. The number of hydrogen-bond acceptors (Lipinski definition) is 6. The zero-order valence-electron chi connectivity index (χ0n) is 10.2. The van der Waals surface area contributed by atoms with Crippen LogP contribution in [0, 0.1) is 0 Å². The quantitative estimate of drug-likeness (QED) is 0.810. The van der Waals surface area contributed by atoms with Crippen LogP contribution in [0.25, 0.3) is 11.4 Å². The highest BCUT2D eigenvalue weighted by Crippen LogP contribution is 2.20. The SMILES string of the molecule is CSc1ccc(-c2noc(COCC(=O)O)n2)cc1. The van der Waals surface area contributed by atoms with E-state index in [2.05, 4.69) is 10.1 Å². The molecule has 0 aliphatic heterocycles. The van der Waals surface area contributed by atoms with Gasteiger partial charge in [-0.05, 0) is 30.5 Å². The van der Waals surface area contributed by atoms with Gasteiger partial charge in [0.15, 0.2) is 0 Å². The Morgan fingerprint density at radius 2 is 2.16 bits per heavy atom. The molecule has 6 nitrogen and oxygen atoms in total. The molecule has 0 spiro atoms. The molecule has 100 valence electrons. The second kappa shape index (κ2) is 6.35. The monoisotopic (exact) mass is 280 g/mol. The summed E-state index contributed by atoms with van der Waals surface area (Å²) in [6.45, 7) is -0.400. The molecule has 1 aromatic heterocycles. The van der Waals surface area contributed by atoms with Crippen LogP contribution in [0.2, 0.25) is 0 Å². The largest absolute Gasteiger partial charge is 0.480 e. The van der Waals surface area contributed by atoms with Crippen LogP contribution in [-0.4, -0.2) is 34.1 Å². The summed E-state index contributed by atoms with van der Waals surface area (Å²) in [5.74, 6) is -0.320. The van der Waals surface area contributed by atoms with E-state index in [1.54, 1.807) is 11.8 Å². The van der Waals surface area contributed by atoms with E-state index >= 15 is 0 Å². The standard InChI is InChI=1S/C12H12N2O4S/c1-19-9-4-2-8(3-5-9)12-13-10(18-14-12)6-17-7-11(15)16/h2-5H,6-7H2,1H3,(H,15,16). The van der Waals surface area contributed by atoms with E-state index in [1.165, 1.54) is 0 Å². The van der Waals surface area contributed by atoms with Gasteiger partial charge in [0.05, 0.1) is 0 Å². The normalized spacial score (nSPS) is 10.6. The highest BCUT2D eigenvalue weighted by atomic mass is 32.2. The number of ether oxygens (including phenoxy) is 1. The first-order chi connectivity index (χ1) is 9.19. The Morgan fingerprint density at radius 1 is 1.42 bits per heavy atom. The van der Waals surface area contributed by atoms with Crippen molar-refractivity contribution in [1.29, 1.82) is 0 Å². The molecule has 0 atom stereocenters. The maximum absolute atomic E-state index is 10.3.